The van der Waals surface area contributed by atoms with E-state index in [4.69, 9.17) is 16.6 Å². The molecule has 2 heterocycles. The van der Waals surface area contributed by atoms with Crippen LogP contribution >= 0.6 is 12.2 Å². The Balaban J connectivity index is 1.74. The van der Waals surface area contributed by atoms with E-state index < -0.39 is 0 Å². The van der Waals surface area contributed by atoms with Gasteiger partial charge in [0.2, 0.25) is 0 Å². The maximum Gasteiger partial charge on any atom is 0.169 e. The monoisotopic (exact) mass is 399 g/mol. The highest BCUT2D eigenvalue weighted by atomic mass is 32.1. The predicted octanol–water partition coefficient (Wildman–Crippen LogP) is 4.77. The number of aryl methyl sites for hydroxylation is 1. The van der Waals surface area contributed by atoms with Crippen LogP contribution in [0.4, 0.5) is 0 Å². The van der Waals surface area contributed by atoms with Crippen LogP contribution in [-0.4, -0.2) is 27.1 Å². The maximum absolute atomic E-state index is 5.86. The molecule has 1 fully saturated rings. The lowest BCUT2D eigenvalue weighted by Crippen LogP contribution is -2.62. The number of furan rings is 1. The van der Waals surface area contributed by atoms with Crippen LogP contribution in [0, 0.1) is 6.92 Å². The van der Waals surface area contributed by atoms with Crippen molar-refractivity contribution in [3.8, 4) is 0 Å². The molecule has 152 valence electrons. The Morgan fingerprint density at radius 2 is 1.86 bits per heavy atom. The third kappa shape index (κ3) is 5.82. The third-order valence-electron chi connectivity index (χ3n) is 5.19. The topological polar surface area (TPSA) is 40.4 Å². The van der Waals surface area contributed by atoms with Gasteiger partial charge < -0.3 is 20.0 Å². The Morgan fingerprint density at radius 1 is 1.14 bits per heavy atom. The number of nitrogens with zero attached hydrogens (tertiary/aromatic N) is 1. The Labute approximate surface area is 174 Å². The van der Waals surface area contributed by atoms with E-state index in [-0.39, 0.29) is 11.1 Å². The standard InChI is InChI=1S/C23H33N3OS/c1-17-8-6-9-18(12-17)15-26(16-20-10-7-11-27-20)21(28)24-19-13-22(2,3)25-23(4,5)14-19/h6-12,19,25H,13-16H2,1-5H3,(H,24,28). The van der Waals surface area contributed by atoms with Gasteiger partial charge in [0.15, 0.2) is 5.11 Å². The first kappa shape index (κ1) is 20.9. The molecule has 1 aliphatic rings. The molecule has 1 aromatic carbocycles. The van der Waals surface area contributed by atoms with E-state index in [2.05, 4.69) is 74.4 Å². The summed E-state index contributed by atoms with van der Waals surface area (Å²) in [6, 6.07) is 12.9. The number of hydrogen-bond acceptors (Lipinski definition) is 3. The van der Waals surface area contributed by atoms with Crippen molar-refractivity contribution < 1.29 is 4.42 Å². The maximum atomic E-state index is 5.86. The molecule has 0 bridgehead atoms. The largest absolute Gasteiger partial charge is 0.467 e. The lowest BCUT2D eigenvalue weighted by Gasteiger charge is -2.47. The minimum atomic E-state index is 0.0808. The number of nitrogens with one attached hydrogen (secondary N) is 2. The van der Waals surface area contributed by atoms with Crippen LogP contribution in [0.3, 0.4) is 0 Å². The minimum absolute atomic E-state index is 0.0808. The van der Waals surface area contributed by atoms with Gasteiger partial charge in [-0.15, -0.1) is 0 Å². The average molecular weight is 400 g/mol. The quantitative estimate of drug-likeness (QED) is 0.709. The van der Waals surface area contributed by atoms with E-state index in [1.54, 1.807) is 6.26 Å². The molecular weight excluding hydrogens is 366 g/mol. The number of rotatable bonds is 5. The molecule has 2 aromatic rings. The zero-order chi connectivity index (χ0) is 20.4. The Morgan fingerprint density at radius 3 is 2.46 bits per heavy atom. The summed E-state index contributed by atoms with van der Waals surface area (Å²) < 4.78 is 5.59. The van der Waals surface area contributed by atoms with Crippen LogP contribution in [0.1, 0.15) is 57.4 Å². The molecule has 1 aromatic heterocycles. The molecule has 0 amide bonds. The fourth-order valence-corrected chi connectivity index (χ4v) is 4.81. The van der Waals surface area contributed by atoms with E-state index in [1.807, 2.05) is 12.1 Å². The predicted molar refractivity (Wildman–Crippen MR) is 119 cm³/mol. The Hall–Kier alpha value is -1.85. The number of hydrogen-bond donors (Lipinski definition) is 2. The fourth-order valence-electron chi connectivity index (χ4n) is 4.51. The van der Waals surface area contributed by atoms with Crippen molar-refractivity contribution in [3.05, 3.63) is 59.5 Å². The van der Waals surface area contributed by atoms with Gasteiger partial charge in [-0.05, 0) is 77.4 Å². The summed E-state index contributed by atoms with van der Waals surface area (Å²) in [6.07, 6.45) is 3.79. The molecule has 0 spiro atoms. The first-order chi connectivity index (χ1) is 13.1. The molecule has 1 aliphatic heterocycles. The first-order valence-electron chi connectivity index (χ1n) is 10.0. The molecular formula is C23H33N3OS. The van der Waals surface area contributed by atoms with Gasteiger partial charge in [-0.3, -0.25) is 0 Å². The second-order valence-corrected chi connectivity index (χ2v) is 9.76. The van der Waals surface area contributed by atoms with Crippen molar-refractivity contribution >= 4 is 17.3 Å². The number of thiocarbonyl (C=S) groups is 1. The molecule has 5 heteroatoms. The molecule has 4 nitrogen and oxygen atoms in total. The zero-order valence-electron chi connectivity index (χ0n) is 17.7. The molecule has 28 heavy (non-hydrogen) atoms. The number of piperidine rings is 1. The molecule has 0 atom stereocenters. The second-order valence-electron chi connectivity index (χ2n) is 9.37. The van der Waals surface area contributed by atoms with Gasteiger partial charge in [0.05, 0.1) is 12.8 Å². The van der Waals surface area contributed by atoms with E-state index in [0.717, 1.165) is 30.3 Å². The summed E-state index contributed by atoms with van der Waals surface area (Å²) in [7, 11) is 0. The lowest BCUT2D eigenvalue weighted by atomic mass is 9.80. The van der Waals surface area contributed by atoms with Crippen molar-refractivity contribution in [2.24, 2.45) is 0 Å². The van der Waals surface area contributed by atoms with E-state index in [1.165, 1.54) is 11.1 Å². The van der Waals surface area contributed by atoms with Crippen LogP contribution in [0.25, 0.3) is 0 Å². The summed E-state index contributed by atoms with van der Waals surface area (Å²) in [5, 5.41) is 8.18. The highest BCUT2D eigenvalue weighted by molar-refractivity contribution is 7.80. The molecule has 0 aliphatic carbocycles. The second kappa shape index (κ2) is 8.26. The molecule has 3 rings (SSSR count). The van der Waals surface area contributed by atoms with E-state index >= 15 is 0 Å². The number of benzene rings is 1. The van der Waals surface area contributed by atoms with Gasteiger partial charge in [-0.2, -0.15) is 0 Å². The summed E-state index contributed by atoms with van der Waals surface area (Å²) in [5.41, 5.74) is 2.67. The van der Waals surface area contributed by atoms with Gasteiger partial charge in [0.1, 0.15) is 5.76 Å². The van der Waals surface area contributed by atoms with Gasteiger partial charge in [0, 0.05) is 23.7 Å². The average Bonchev–Trinajstić information content (AvgIpc) is 3.04. The summed E-state index contributed by atoms with van der Waals surface area (Å²) in [6.45, 7) is 12.6. The summed E-state index contributed by atoms with van der Waals surface area (Å²) in [4.78, 5) is 2.20. The normalized spacial score (nSPS) is 18.6. The van der Waals surface area contributed by atoms with Crippen molar-refractivity contribution in [1.82, 2.24) is 15.5 Å². The van der Waals surface area contributed by atoms with Crippen molar-refractivity contribution in [3.63, 3.8) is 0 Å². The Kier molecular flexibility index (Phi) is 6.15. The summed E-state index contributed by atoms with van der Waals surface area (Å²) >= 11 is 5.86. The molecule has 2 N–H and O–H groups in total. The van der Waals surface area contributed by atoms with Crippen LogP contribution in [0.15, 0.2) is 47.1 Å². The van der Waals surface area contributed by atoms with Crippen molar-refractivity contribution in [2.45, 2.75) is 77.7 Å². The molecule has 1 saturated heterocycles. The molecule has 0 saturated carbocycles. The summed E-state index contributed by atoms with van der Waals surface area (Å²) in [5.74, 6) is 0.919. The fraction of sp³-hybridized carbons (Fsp3) is 0.522. The highest BCUT2D eigenvalue weighted by Crippen LogP contribution is 2.28. The van der Waals surface area contributed by atoms with Crippen LogP contribution in [0.2, 0.25) is 0 Å². The van der Waals surface area contributed by atoms with Crippen molar-refractivity contribution in [1.29, 1.82) is 0 Å². The lowest BCUT2D eigenvalue weighted by molar-refractivity contribution is 0.153. The van der Waals surface area contributed by atoms with E-state index in [9.17, 15) is 0 Å². The Bertz CT molecular complexity index is 782. The zero-order valence-corrected chi connectivity index (χ0v) is 18.5. The third-order valence-corrected chi connectivity index (χ3v) is 5.56. The first-order valence-corrected chi connectivity index (χ1v) is 10.5. The van der Waals surface area contributed by atoms with Crippen LogP contribution in [0.5, 0.6) is 0 Å². The molecule has 0 unspecified atom stereocenters. The molecule has 0 radical (unpaired) electrons. The van der Waals surface area contributed by atoms with Gasteiger partial charge in [-0.1, -0.05) is 29.8 Å². The van der Waals surface area contributed by atoms with Gasteiger partial charge in [0.25, 0.3) is 0 Å². The van der Waals surface area contributed by atoms with E-state index in [0.29, 0.717) is 12.6 Å². The minimum Gasteiger partial charge on any atom is -0.467 e. The van der Waals surface area contributed by atoms with Gasteiger partial charge >= 0.3 is 0 Å². The van der Waals surface area contributed by atoms with Gasteiger partial charge in [-0.25, -0.2) is 0 Å². The SMILES string of the molecule is Cc1cccc(CN(Cc2ccco2)C(=S)NC2CC(C)(C)NC(C)(C)C2)c1. The smallest absolute Gasteiger partial charge is 0.169 e. The van der Waals surface area contributed by atoms with Crippen molar-refractivity contribution in [2.75, 3.05) is 0 Å². The van der Waals surface area contributed by atoms with Crippen LogP contribution in [-0.2, 0) is 13.1 Å². The highest BCUT2D eigenvalue weighted by Gasteiger charge is 2.38. The van der Waals surface area contributed by atoms with Crippen LogP contribution < -0.4 is 10.6 Å².